The van der Waals surface area contributed by atoms with E-state index >= 15 is 0 Å². The summed E-state index contributed by atoms with van der Waals surface area (Å²) in [6.07, 6.45) is 0. The molecule has 0 saturated heterocycles. The molecule has 0 unspecified atom stereocenters. The maximum absolute atomic E-state index is 9.88. The van der Waals surface area contributed by atoms with Crippen LogP contribution in [0.3, 0.4) is 0 Å². The van der Waals surface area contributed by atoms with Crippen LogP contribution in [0.2, 0.25) is 0 Å². The maximum Gasteiger partial charge on any atom is 1.00 e. The molecule has 0 amide bonds. The molecule has 0 fully saturated rings. The summed E-state index contributed by atoms with van der Waals surface area (Å²) in [6.45, 7) is 0. The second kappa shape index (κ2) is 11.8. The van der Waals surface area contributed by atoms with Crippen molar-refractivity contribution < 1.29 is 72.7 Å². The van der Waals surface area contributed by atoms with Crippen LogP contribution in [0.25, 0.3) is 0 Å². The van der Waals surface area contributed by atoms with Crippen molar-refractivity contribution in [3.63, 3.8) is 0 Å². The molecular weight excluding hydrogens is 149 g/mol. The minimum Gasteiger partial charge on any atom is -0.122 e. The normalized spacial score (nSPS) is 6.25. The van der Waals surface area contributed by atoms with E-state index in [4.69, 9.17) is 0 Å². The second-order valence-corrected chi connectivity index (χ2v) is 1.77. The van der Waals surface area contributed by atoms with Gasteiger partial charge in [-0.15, -0.1) is 9.05 Å². The maximum atomic E-state index is 9.88. The summed E-state index contributed by atoms with van der Waals surface area (Å²) in [4.78, 5) is 0. The van der Waals surface area contributed by atoms with Crippen LogP contribution in [0.4, 0.5) is 0 Å². The van der Waals surface area contributed by atoms with Crippen molar-refractivity contribution in [3.05, 3.63) is 0 Å². The Kier molecular flexibility index (Phi) is 24.3. The molecule has 0 rings (SSSR count). The summed E-state index contributed by atoms with van der Waals surface area (Å²) in [7, 11) is 0.817. The molecule has 0 aliphatic heterocycles. The average Bonchev–Trinajstić information content (AvgIpc) is 1.65. The summed E-state index contributed by atoms with van der Waals surface area (Å²) >= 11 is 0. The Bertz CT molecular complexity index is 53.2. The Morgan fingerprint density at radius 3 is 1.38 bits per heavy atom. The minimum absolute atomic E-state index is 0. The van der Waals surface area contributed by atoms with Gasteiger partial charge in [0.15, 0.2) is 0 Å². The van der Waals surface area contributed by atoms with E-state index in [1.165, 1.54) is 14.2 Å². The minimum atomic E-state index is -1.83. The fraction of sp³-hybridized carbons (Fsp3) is 1.00. The van der Waals surface area contributed by atoms with Crippen molar-refractivity contribution in [2.45, 2.75) is 0 Å². The fourth-order valence-corrected chi connectivity index (χ4v) is 0.224. The van der Waals surface area contributed by atoms with Crippen LogP contribution in [0, 0.1) is 0 Å². The number of hydrogen-bond acceptors (Lipinski definition) is 3. The van der Waals surface area contributed by atoms with Crippen molar-refractivity contribution in [2.75, 3.05) is 14.2 Å². The smallest absolute Gasteiger partial charge is 0.122 e. The van der Waals surface area contributed by atoms with E-state index < -0.39 is 8.25 Å². The standard InChI is InChI=1S/C2H6O3P.2Na/c1-4-6(3)5-2;;/h1-2H3;;/q3*+1. The predicted molar refractivity (Wildman–Crippen MR) is 21.6 cm³/mol. The summed E-state index contributed by atoms with van der Waals surface area (Å²) < 4.78 is 18.3. The SMILES string of the molecule is CO[P+](=O)OC.[Na+].[Na+]. The van der Waals surface area contributed by atoms with Crippen molar-refractivity contribution in [1.82, 2.24) is 0 Å². The molecule has 0 spiro atoms. The summed E-state index contributed by atoms with van der Waals surface area (Å²) in [5.74, 6) is 0. The molecule has 0 aromatic carbocycles. The van der Waals surface area contributed by atoms with E-state index in [0.717, 1.165) is 0 Å². The molecule has 0 aromatic heterocycles. The van der Waals surface area contributed by atoms with Crippen molar-refractivity contribution >= 4 is 8.25 Å². The number of hydrogen-bond donors (Lipinski definition) is 0. The van der Waals surface area contributed by atoms with Gasteiger partial charge < -0.3 is 0 Å². The Morgan fingerprint density at radius 1 is 1.12 bits per heavy atom. The molecule has 0 bridgehead atoms. The first-order valence-electron chi connectivity index (χ1n) is 1.36. The molecule has 0 aromatic rings. The van der Waals surface area contributed by atoms with E-state index in [9.17, 15) is 4.57 Å². The number of rotatable bonds is 2. The van der Waals surface area contributed by atoms with Crippen LogP contribution in [0.1, 0.15) is 0 Å². The van der Waals surface area contributed by atoms with Gasteiger partial charge >= 0.3 is 67.4 Å². The first-order valence-corrected chi connectivity index (χ1v) is 2.46. The van der Waals surface area contributed by atoms with Gasteiger partial charge in [0.05, 0.1) is 14.2 Å². The molecule has 0 atom stereocenters. The zero-order valence-corrected chi connectivity index (χ0v) is 10.6. The summed E-state index contributed by atoms with van der Waals surface area (Å²) in [6, 6.07) is 0. The van der Waals surface area contributed by atoms with E-state index in [0.29, 0.717) is 0 Å². The van der Waals surface area contributed by atoms with Gasteiger partial charge in [0, 0.05) is 4.57 Å². The molecule has 0 heterocycles. The molecule has 3 nitrogen and oxygen atoms in total. The second-order valence-electron chi connectivity index (χ2n) is 0.589. The molecule has 0 N–H and O–H groups in total. The zero-order chi connectivity index (χ0) is 4.99. The van der Waals surface area contributed by atoms with E-state index in [1.54, 1.807) is 0 Å². The Labute approximate surface area is 94.0 Å². The van der Waals surface area contributed by atoms with Crippen LogP contribution in [0.5, 0.6) is 0 Å². The molecule has 0 radical (unpaired) electrons. The van der Waals surface area contributed by atoms with Crippen molar-refractivity contribution in [1.29, 1.82) is 0 Å². The van der Waals surface area contributed by atoms with Gasteiger partial charge in [0.1, 0.15) is 0 Å². The third-order valence-electron chi connectivity index (χ3n) is 0.298. The molecule has 0 aliphatic rings. The molecule has 0 saturated carbocycles. The first kappa shape index (κ1) is 16.5. The summed E-state index contributed by atoms with van der Waals surface area (Å²) in [5.41, 5.74) is 0. The third-order valence-corrected chi connectivity index (χ3v) is 0.894. The average molecular weight is 155 g/mol. The first-order chi connectivity index (χ1) is 2.81. The quantitative estimate of drug-likeness (QED) is 0.296. The van der Waals surface area contributed by atoms with E-state index in [1.807, 2.05) is 0 Å². The molecule has 36 valence electrons. The van der Waals surface area contributed by atoms with Gasteiger partial charge in [0.25, 0.3) is 0 Å². The topological polar surface area (TPSA) is 35.5 Å². The van der Waals surface area contributed by atoms with Gasteiger partial charge in [-0.2, -0.15) is 0 Å². The Morgan fingerprint density at radius 2 is 1.38 bits per heavy atom. The molecular formula is C2H6Na2O3P+3. The van der Waals surface area contributed by atoms with Gasteiger partial charge in [-0.05, 0) is 0 Å². The van der Waals surface area contributed by atoms with Gasteiger partial charge in [-0.1, -0.05) is 0 Å². The van der Waals surface area contributed by atoms with Crippen molar-refractivity contribution in [2.24, 2.45) is 0 Å². The van der Waals surface area contributed by atoms with Gasteiger partial charge in [-0.25, -0.2) is 0 Å². The Balaban J connectivity index is -0.000000125. The van der Waals surface area contributed by atoms with Gasteiger partial charge in [-0.3, -0.25) is 0 Å². The summed E-state index contributed by atoms with van der Waals surface area (Å²) in [5, 5.41) is 0. The van der Waals surface area contributed by atoms with Crippen LogP contribution < -0.4 is 59.1 Å². The van der Waals surface area contributed by atoms with Crippen LogP contribution >= 0.6 is 8.25 Å². The molecule has 0 aliphatic carbocycles. The van der Waals surface area contributed by atoms with E-state index in [-0.39, 0.29) is 59.1 Å². The van der Waals surface area contributed by atoms with Crippen LogP contribution in [0.15, 0.2) is 0 Å². The Hall–Kier alpha value is 2.02. The van der Waals surface area contributed by atoms with Crippen molar-refractivity contribution in [3.8, 4) is 0 Å². The largest absolute Gasteiger partial charge is 1.00 e. The molecule has 6 heteroatoms. The zero-order valence-electron chi connectivity index (χ0n) is 5.67. The van der Waals surface area contributed by atoms with Gasteiger partial charge in [0.2, 0.25) is 0 Å². The monoisotopic (exact) mass is 155 g/mol. The predicted octanol–water partition coefficient (Wildman–Crippen LogP) is -5.06. The van der Waals surface area contributed by atoms with Crippen LogP contribution in [-0.2, 0) is 13.6 Å². The third kappa shape index (κ3) is 10.9. The van der Waals surface area contributed by atoms with Crippen LogP contribution in [-0.4, -0.2) is 14.2 Å². The van der Waals surface area contributed by atoms with E-state index in [2.05, 4.69) is 9.05 Å². The fourth-order valence-electron chi connectivity index (χ4n) is 0.0745. The molecule has 8 heavy (non-hydrogen) atoms.